The number of imidazole rings is 1. The number of aryl methyl sites for hydroxylation is 1. The Morgan fingerprint density at radius 1 is 1.16 bits per heavy atom. The van der Waals surface area contributed by atoms with E-state index in [2.05, 4.69) is 25.3 Å². The summed E-state index contributed by atoms with van der Waals surface area (Å²) in [5, 5.41) is 3.04. The first kappa shape index (κ1) is 25.7. The average Bonchev–Trinajstić information content (AvgIpc) is 3.22. The normalized spacial score (nSPS) is 13.7. The van der Waals surface area contributed by atoms with Crippen LogP contribution in [0, 0.1) is 18.6 Å². The molecule has 4 heterocycles. The van der Waals surface area contributed by atoms with Gasteiger partial charge in [-0.3, -0.25) is 9.69 Å². The number of aromatic nitrogens is 5. The number of hydrogen-bond acceptors (Lipinski definition) is 8. The van der Waals surface area contributed by atoms with E-state index in [-0.39, 0.29) is 35.7 Å². The number of esters is 1. The van der Waals surface area contributed by atoms with E-state index in [4.69, 9.17) is 4.74 Å². The molecule has 4 aromatic rings. The van der Waals surface area contributed by atoms with Gasteiger partial charge < -0.3 is 14.6 Å². The highest BCUT2D eigenvalue weighted by Crippen LogP contribution is 2.30. The number of nitrogens with zero attached hydrogens (tertiary/aromatic N) is 6. The molecule has 0 aliphatic carbocycles. The van der Waals surface area contributed by atoms with Gasteiger partial charge in [-0.1, -0.05) is 6.07 Å². The Bertz CT molecular complexity index is 1520. The van der Waals surface area contributed by atoms with Crippen molar-refractivity contribution >= 4 is 28.8 Å². The van der Waals surface area contributed by atoms with E-state index < -0.39 is 11.6 Å². The van der Waals surface area contributed by atoms with Gasteiger partial charge in [0.05, 0.1) is 24.9 Å². The predicted octanol–water partition coefficient (Wildman–Crippen LogP) is 4.72. The zero-order valence-corrected chi connectivity index (χ0v) is 21.8. The molecule has 0 saturated carbocycles. The fraction of sp³-hybridized carbons (Fsp3) is 0.370. The van der Waals surface area contributed by atoms with Crippen LogP contribution >= 0.6 is 0 Å². The lowest BCUT2D eigenvalue weighted by atomic mass is 10.1. The summed E-state index contributed by atoms with van der Waals surface area (Å²) < 4.78 is 36.8. The zero-order chi connectivity index (χ0) is 27.0. The van der Waals surface area contributed by atoms with Crippen molar-refractivity contribution in [1.29, 1.82) is 0 Å². The van der Waals surface area contributed by atoms with E-state index in [1.54, 1.807) is 19.1 Å². The Balaban J connectivity index is 1.39. The second-order valence-corrected chi connectivity index (χ2v) is 9.53. The number of hydrogen-bond donors (Lipinski definition) is 1. The number of carbonyl (C=O) groups excluding carboxylic acids is 1. The number of pyridine rings is 1. The highest BCUT2D eigenvalue weighted by Gasteiger charge is 2.21. The monoisotopic (exact) mass is 521 g/mol. The number of nitrogens with one attached hydrogen (secondary N) is 1. The van der Waals surface area contributed by atoms with Crippen molar-refractivity contribution in [3.05, 3.63) is 59.2 Å². The number of carbonyl (C=O) groups is 1. The SMILES string of the molecule is CCOC(=O)CN1CCc2nc(Nc3ncc(F)c(-c4cc(F)c5nc(C)n(C(C)C)c5c4)n3)ccc2C1. The Kier molecular flexibility index (Phi) is 7.02. The van der Waals surface area contributed by atoms with Crippen LogP contribution in [-0.4, -0.2) is 55.1 Å². The van der Waals surface area contributed by atoms with E-state index in [9.17, 15) is 13.6 Å². The number of benzene rings is 1. The maximum atomic E-state index is 15.0. The van der Waals surface area contributed by atoms with Crippen LogP contribution in [0.3, 0.4) is 0 Å². The van der Waals surface area contributed by atoms with E-state index in [0.29, 0.717) is 48.8 Å². The van der Waals surface area contributed by atoms with Gasteiger partial charge in [0.15, 0.2) is 11.6 Å². The molecule has 0 fully saturated rings. The van der Waals surface area contributed by atoms with Crippen LogP contribution in [0.25, 0.3) is 22.3 Å². The topological polar surface area (TPSA) is 98.1 Å². The first-order chi connectivity index (χ1) is 18.2. The Morgan fingerprint density at radius 2 is 1.97 bits per heavy atom. The van der Waals surface area contributed by atoms with E-state index >= 15 is 0 Å². The average molecular weight is 522 g/mol. The minimum atomic E-state index is -0.665. The van der Waals surface area contributed by atoms with Gasteiger partial charge >= 0.3 is 5.97 Å². The van der Waals surface area contributed by atoms with Gasteiger partial charge in [-0.25, -0.2) is 28.7 Å². The molecule has 0 bridgehead atoms. The van der Waals surface area contributed by atoms with Crippen LogP contribution in [0.15, 0.2) is 30.5 Å². The molecule has 0 radical (unpaired) electrons. The molecule has 1 N–H and O–H groups in total. The first-order valence-electron chi connectivity index (χ1n) is 12.6. The van der Waals surface area contributed by atoms with Crippen LogP contribution in [0.2, 0.25) is 0 Å². The Hall–Kier alpha value is -3.99. The third kappa shape index (κ3) is 5.06. The lowest BCUT2D eigenvalue weighted by Gasteiger charge is -2.27. The summed E-state index contributed by atoms with van der Waals surface area (Å²) in [6.45, 7) is 9.44. The number of fused-ring (bicyclic) bond motifs is 2. The van der Waals surface area contributed by atoms with Crippen molar-refractivity contribution in [2.45, 2.75) is 46.7 Å². The van der Waals surface area contributed by atoms with E-state index in [0.717, 1.165) is 17.5 Å². The molecule has 198 valence electrons. The van der Waals surface area contributed by atoms with Crippen LogP contribution in [0.4, 0.5) is 20.5 Å². The van der Waals surface area contributed by atoms with E-state index in [1.807, 2.05) is 36.3 Å². The second-order valence-electron chi connectivity index (χ2n) is 9.53. The quantitative estimate of drug-likeness (QED) is 0.349. The number of ether oxygens (including phenoxy) is 1. The molecular weight excluding hydrogens is 492 g/mol. The van der Waals surface area contributed by atoms with Crippen molar-refractivity contribution in [3.8, 4) is 11.3 Å². The van der Waals surface area contributed by atoms with Gasteiger partial charge in [0.1, 0.15) is 22.9 Å². The summed E-state index contributed by atoms with van der Waals surface area (Å²) in [5.41, 5.74) is 3.01. The summed E-state index contributed by atoms with van der Waals surface area (Å²) >= 11 is 0. The molecule has 0 spiro atoms. The molecule has 1 aromatic carbocycles. The minimum Gasteiger partial charge on any atom is -0.465 e. The molecule has 1 aliphatic heterocycles. The van der Waals surface area contributed by atoms with Crippen LogP contribution in [0.1, 0.15) is 43.9 Å². The largest absolute Gasteiger partial charge is 0.465 e. The fourth-order valence-electron chi connectivity index (χ4n) is 4.87. The van der Waals surface area contributed by atoms with Crippen molar-refractivity contribution in [2.24, 2.45) is 0 Å². The Morgan fingerprint density at radius 3 is 2.74 bits per heavy atom. The standard InChI is InChI=1S/C27H29F2N7O2/c1-5-38-24(37)14-35-9-8-21-17(13-35)6-7-23(32-21)33-27-30-12-20(29)25(34-27)18-10-19(28)26-22(11-18)36(15(2)3)16(4)31-26/h6-7,10-12,15H,5,8-9,13-14H2,1-4H3,(H,30,32,33,34). The number of rotatable bonds is 7. The van der Waals surface area contributed by atoms with Gasteiger partial charge in [0, 0.05) is 36.8 Å². The van der Waals surface area contributed by atoms with Crippen molar-refractivity contribution < 1.29 is 18.3 Å². The third-order valence-electron chi connectivity index (χ3n) is 6.48. The van der Waals surface area contributed by atoms with Gasteiger partial charge in [0.2, 0.25) is 5.95 Å². The van der Waals surface area contributed by atoms with Crippen LogP contribution < -0.4 is 5.32 Å². The summed E-state index contributed by atoms with van der Waals surface area (Å²) in [6.07, 6.45) is 1.73. The summed E-state index contributed by atoms with van der Waals surface area (Å²) in [4.78, 5) is 31.3. The fourth-order valence-corrected chi connectivity index (χ4v) is 4.87. The molecule has 11 heteroatoms. The minimum absolute atomic E-state index is 0.0231. The predicted molar refractivity (Wildman–Crippen MR) is 139 cm³/mol. The molecule has 1 aliphatic rings. The molecule has 9 nitrogen and oxygen atoms in total. The Labute approximate surface area is 218 Å². The molecule has 3 aromatic heterocycles. The number of anilines is 2. The molecule has 38 heavy (non-hydrogen) atoms. The highest BCUT2D eigenvalue weighted by molar-refractivity contribution is 5.83. The first-order valence-corrected chi connectivity index (χ1v) is 12.6. The molecule has 5 rings (SSSR count). The molecule has 0 amide bonds. The molecule has 0 saturated heterocycles. The number of halogens is 2. The van der Waals surface area contributed by atoms with Gasteiger partial charge in [-0.15, -0.1) is 0 Å². The summed E-state index contributed by atoms with van der Waals surface area (Å²) in [6, 6.07) is 6.72. The zero-order valence-electron chi connectivity index (χ0n) is 21.8. The lowest BCUT2D eigenvalue weighted by Crippen LogP contribution is -2.36. The van der Waals surface area contributed by atoms with Gasteiger partial charge in [-0.05, 0) is 51.5 Å². The molecule has 0 unspecified atom stereocenters. The summed E-state index contributed by atoms with van der Waals surface area (Å²) in [7, 11) is 0. The van der Waals surface area contributed by atoms with Crippen LogP contribution in [0.5, 0.6) is 0 Å². The molecule has 0 atom stereocenters. The molecular formula is C27H29F2N7O2. The lowest BCUT2D eigenvalue weighted by molar-refractivity contribution is -0.144. The third-order valence-corrected chi connectivity index (χ3v) is 6.48. The second kappa shape index (κ2) is 10.4. The van der Waals surface area contributed by atoms with Crippen molar-refractivity contribution in [1.82, 2.24) is 29.4 Å². The van der Waals surface area contributed by atoms with Gasteiger partial charge in [0.25, 0.3) is 0 Å². The smallest absolute Gasteiger partial charge is 0.320 e. The van der Waals surface area contributed by atoms with Crippen molar-refractivity contribution in [2.75, 3.05) is 25.0 Å². The van der Waals surface area contributed by atoms with Crippen molar-refractivity contribution in [3.63, 3.8) is 0 Å². The maximum Gasteiger partial charge on any atom is 0.320 e. The van der Waals surface area contributed by atoms with Gasteiger partial charge in [-0.2, -0.15) is 0 Å². The summed E-state index contributed by atoms with van der Waals surface area (Å²) in [5.74, 6) is -0.117. The van der Waals surface area contributed by atoms with E-state index in [1.165, 1.54) is 6.07 Å². The van der Waals surface area contributed by atoms with Crippen LogP contribution in [-0.2, 0) is 22.5 Å². The maximum absolute atomic E-state index is 15.0. The highest BCUT2D eigenvalue weighted by atomic mass is 19.1.